The standard InChI is InChI=1S/C16H21N3O2/c1-13-3-5-15(6-4-13)19(9-7-16(20)21)12-11-18-10-8-17-14(18)2/h3-6,8,10H,7,9,11-12H2,1-2H3,(H,20,21). The maximum Gasteiger partial charge on any atom is 0.305 e. The van der Waals surface area contributed by atoms with Gasteiger partial charge in [0.05, 0.1) is 6.42 Å². The number of aliphatic carboxylic acids is 1. The van der Waals surface area contributed by atoms with Crippen LogP contribution >= 0.6 is 0 Å². The molecule has 5 nitrogen and oxygen atoms in total. The fourth-order valence-corrected chi connectivity index (χ4v) is 2.22. The normalized spacial score (nSPS) is 10.6. The lowest BCUT2D eigenvalue weighted by Gasteiger charge is -2.25. The van der Waals surface area contributed by atoms with Crippen LogP contribution in [-0.2, 0) is 11.3 Å². The number of aromatic nitrogens is 2. The highest BCUT2D eigenvalue weighted by Crippen LogP contribution is 2.15. The van der Waals surface area contributed by atoms with Crippen molar-refractivity contribution in [3.8, 4) is 0 Å². The Bertz CT molecular complexity index is 590. The third-order valence-corrected chi connectivity index (χ3v) is 3.53. The number of anilines is 1. The summed E-state index contributed by atoms with van der Waals surface area (Å²) in [4.78, 5) is 17.1. The van der Waals surface area contributed by atoms with Crippen molar-refractivity contribution in [2.45, 2.75) is 26.8 Å². The molecular weight excluding hydrogens is 266 g/mol. The summed E-state index contributed by atoms with van der Waals surface area (Å²) in [5, 5.41) is 8.91. The Morgan fingerprint density at radius 3 is 2.52 bits per heavy atom. The molecule has 1 aromatic heterocycles. The van der Waals surface area contributed by atoms with E-state index in [2.05, 4.69) is 14.5 Å². The Hall–Kier alpha value is -2.30. The fraction of sp³-hybridized carbons (Fsp3) is 0.375. The van der Waals surface area contributed by atoms with Crippen LogP contribution in [0.3, 0.4) is 0 Å². The number of carboxylic acid groups (broad SMARTS) is 1. The zero-order chi connectivity index (χ0) is 15.2. The van der Waals surface area contributed by atoms with Gasteiger partial charge in [0, 0.05) is 37.7 Å². The Morgan fingerprint density at radius 1 is 1.24 bits per heavy atom. The van der Waals surface area contributed by atoms with Crippen molar-refractivity contribution in [1.29, 1.82) is 0 Å². The fourth-order valence-electron chi connectivity index (χ4n) is 2.22. The van der Waals surface area contributed by atoms with Gasteiger partial charge in [-0.3, -0.25) is 4.79 Å². The van der Waals surface area contributed by atoms with Gasteiger partial charge in [0.15, 0.2) is 0 Å². The van der Waals surface area contributed by atoms with E-state index in [0.29, 0.717) is 6.54 Å². The van der Waals surface area contributed by atoms with Crippen LogP contribution in [-0.4, -0.2) is 33.7 Å². The summed E-state index contributed by atoms with van der Waals surface area (Å²) in [6.07, 6.45) is 3.86. The molecule has 0 amide bonds. The quantitative estimate of drug-likeness (QED) is 0.850. The Kier molecular flexibility index (Phi) is 4.98. The predicted octanol–water partition coefficient (Wildman–Crippen LogP) is 2.48. The van der Waals surface area contributed by atoms with Crippen molar-refractivity contribution in [1.82, 2.24) is 9.55 Å². The lowest BCUT2D eigenvalue weighted by molar-refractivity contribution is -0.136. The van der Waals surface area contributed by atoms with Crippen molar-refractivity contribution in [3.63, 3.8) is 0 Å². The number of carboxylic acids is 1. The van der Waals surface area contributed by atoms with Crippen molar-refractivity contribution in [2.24, 2.45) is 0 Å². The summed E-state index contributed by atoms with van der Waals surface area (Å²) in [7, 11) is 0. The molecule has 0 aliphatic carbocycles. The van der Waals surface area contributed by atoms with Crippen molar-refractivity contribution in [2.75, 3.05) is 18.0 Å². The van der Waals surface area contributed by atoms with Crippen molar-refractivity contribution < 1.29 is 9.90 Å². The molecule has 1 heterocycles. The average Bonchev–Trinajstić information content (AvgIpc) is 2.85. The highest BCUT2D eigenvalue weighted by Gasteiger charge is 2.09. The van der Waals surface area contributed by atoms with Crippen molar-refractivity contribution >= 4 is 11.7 Å². The molecule has 0 atom stereocenters. The van der Waals surface area contributed by atoms with E-state index in [1.807, 2.05) is 44.3 Å². The van der Waals surface area contributed by atoms with Crippen LogP contribution in [0, 0.1) is 13.8 Å². The first-order valence-corrected chi connectivity index (χ1v) is 7.07. The highest BCUT2D eigenvalue weighted by molar-refractivity contribution is 5.67. The summed E-state index contributed by atoms with van der Waals surface area (Å²) in [6, 6.07) is 8.17. The molecule has 0 saturated heterocycles. The first-order chi connectivity index (χ1) is 10.1. The second-order valence-electron chi connectivity index (χ2n) is 5.13. The zero-order valence-electron chi connectivity index (χ0n) is 12.5. The van der Waals surface area contributed by atoms with Gasteiger partial charge in [0.1, 0.15) is 5.82 Å². The second-order valence-corrected chi connectivity index (χ2v) is 5.13. The van der Waals surface area contributed by atoms with E-state index in [-0.39, 0.29) is 6.42 Å². The van der Waals surface area contributed by atoms with Gasteiger partial charge in [-0.05, 0) is 26.0 Å². The first-order valence-electron chi connectivity index (χ1n) is 7.07. The number of nitrogens with zero attached hydrogens (tertiary/aromatic N) is 3. The summed E-state index contributed by atoms with van der Waals surface area (Å²) >= 11 is 0. The molecule has 0 fully saturated rings. The number of carbonyl (C=O) groups is 1. The molecule has 0 aliphatic heterocycles. The minimum absolute atomic E-state index is 0.136. The van der Waals surface area contributed by atoms with Gasteiger partial charge in [0.2, 0.25) is 0 Å². The molecular formula is C16H21N3O2. The van der Waals surface area contributed by atoms with E-state index in [0.717, 1.165) is 24.6 Å². The monoisotopic (exact) mass is 287 g/mol. The molecule has 0 spiro atoms. The van der Waals surface area contributed by atoms with Crippen LogP contribution in [0.15, 0.2) is 36.7 Å². The lowest BCUT2D eigenvalue weighted by atomic mass is 10.2. The minimum atomic E-state index is -0.772. The van der Waals surface area contributed by atoms with E-state index in [1.54, 1.807) is 6.20 Å². The molecule has 1 N–H and O–H groups in total. The molecule has 5 heteroatoms. The van der Waals surface area contributed by atoms with E-state index in [9.17, 15) is 4.79 Å². The molecule has 21 heavy (non-hydrogen) atoms. The molecule has 2 rings (SSSR count). The third kappa shape index (κ3) is 4.34. The van der Waals surface area contributed by atoms with Crippen LogP contribution in [0.2, 0.25) is 0 Å². The molecule has 0 aliphatic rings. The van der Waals surface area contributed by atoms with Gasteiger partial charge in [-0.1, -0.05) is 17.7 Å². The van der Waals surface area contributed by atoms with Crippen LogP contribution in [0.1, 0.15) is 17.8 Å². The van der Waals surface area contributed by atoms with Gasteiger partial charge in [-0.2, -0.15) is 0 Å². The topological polar surface area (TPSA) is 58.4 Å². The molecule has 1 aromatic carbocycles. The second kappa shape index (κ2) is 6.92. The average molecular weight is 287 g/mol. The number of imidazole rings is 1. The van der Waals surface area contributed by atoms with Crippen LogP contribution in [0.4, 0.5) is 5.69 Å². The number of rotatable bonds is 7. The van der Waals surface area contributed by atoms with Gasteiger partial charge in [-0.25, -0.2) is 4.98 Å². The zero-order valence-corrected chi connectivity index (χ0v) is 12.5. The summed E-state index contributed by atoms with van der Waals surface area (Å²) in [5.41, 5.74) is 2.25. The minimum Gasteiger partial charge on any atom is -0.481 e. The van der Waals surface area contributed by atoms with Gasteiger partial charge >= 0.3 is 5.97 Å². The Morgan fingerprint density at radius 2 is 1.95 bits per heavy atom. The largest absolute Gasteiger partial charge is 0.481 e. The SMILES string of the molecule is Cc1ccc(N(CCC(=O)O)CCn2ccnc2C)cc1. The first kappa shape index (κ1) is 15.1. The summed E-state index contributed by atoms with van der Waals surface area (Å²) in [6.45, 7) is 6.06. The molecule has 0 unspecified atom stereocenters. The summed E-state index contributed by atoms with van der Waals surface area (Å²) in [5.74, 6) is 0.197. The molecule has 0 radical (unpaired) electrons. The molecule has 0 saturated carbocycles. The third-order valence-electron chi connectivity index (χ3n) is 3.53. The number of benzene rings is 1. The van der Waals surface area contributed by atoms with Crippen LogP contribution in [0.25, 0.3) is 0 Å². The van der Waals surface area contributed by atoms with Gasteiger partial charge < -0.3 is 14.6 Å². The lowest BCUT2D eigenvalue weighted by Crippen LogP contribution is -2.29. The van der Waals surface area contributed by atoms with Crippen LogP contribution in [0.5, 0.6) is 0 Å². The Labute approximate surface area is 124 Å². The highest BCUT2D eigenvalue weighted by atomic mass is 16.4. The Balaban J connectivity index is 2.06. The predicted molar refractivity (Wildman–Crippen MR) is 82.6 cm³/mol. The maximum absolute atomic E-state index is 10.8. The van der Waals surface area contributed by atoms with Crippen LogP contribution < -0.4 is 4.90 Å². The number of hydrogen-bond donors (Lipinski definition) is 1. The van der Waals surface area contributed by atoms with E-state index < -0.39 is 5.97 Å². The van der Waals surface area contributed by atoms with Gasteiger partial charge in [-0.15, -0.1) is 0 Å². The van der Waals surface area contributed by atoms with Crippen molar-refractivity contribution in [3.05, 3.63) is 48.0 Å². The molecule has 0 bridgehead atoms. The van der Waals surface area contributed by atoms with E-state index in [4.69, 9.17) is 5.11 Å². The molecule has 112 valence electrons. The van der Waals surface area contributed by atoms with Gasteiger partial charge in [0.25, 0.3) is 0 Å². The number of aryl methyl sites for hydroxylation is 2. The number of hydrogen-bond acceptors (Lipinski definition) is 3. The maximum atomic E-state index is 10.8. The van der Waals surface area contributed by atoms with E-state index in [1.165, 1.54) is 5.56 Å². The smallest absolute Gasteiger partial charge is 0.305 e. The summed E-state index contributed by atoms with van der Waals surface area (Å²) < 4.78 is 2.07. The molecule has 2 aromatic rings. The van der Waals surface area contributed by atoms with E-state index >= 15 is 0 Å².